The maximum atomic E-state index is 12.7. The number of carbonyl (C=O) groups is 1. The number of nitrogens with zero attached hydrogens (tertiary/aromatic N) is 2. The van der Waals surface area contributed by atoms with E-state index in [1.807, 2.05) is 48.5 Å². The molecular formula is C20H17ClN2O3S. The van der Waals surface area contributed by atoms with Crippen molar-refractivity contribution in [3.63, 3.8) is 0 Å². The van der Waals surface area contributed by atoms with Crippen molar-refractivity contribution in [2.75, 3.05) is 20.2 Å². The smallest absolute Gasteiger partial charge is 0.273 e. The van der Waals surface area contributed by atoms with E-state index in [2.05, 4.69) is 4.98 Å². The number of para-hydroxylation sites is 2. The summed E-state index contributed by atoms with van der Waals surface area (Å²) in [4.78, 5) is 18.8. The molecule has 0 saturated carbocycles. The van der Waals surface area contributed by atoms with Crippen molar-refractivity contribution in [1.29, 1.82) is 0 Å². The van der Waals surface area contributed by atoms with Crippen molar-refractivity contribution in [2.45, 2.75) is 6.10 Å². The topological polar surface area (TPSA) is 51.7 Å². The summed E-state index contributed by atoms with van der Waals surface area (Å²) >= 11 is 7.35. The van der Waals surface area contributed by atoms with Gasteiger partial charge in [-0.1, -0.05) is 35.9 Å². The number of likely N-dealkylation sites (N-methyl/N-ethyl adjacent to an activating group) is 1. The number of hydrogen-bond donors (Lipinski definition) is 0. The Morgan fingerprint density at radius 3 is 2.74 bits per heavy atom. The van der Waals surface area contributed by atoms with Crippen LogP contribution in [-0.2, 0) is 0 Å². The van der Waals surface area contributed by atoms with Crippen LogP contribution in [0.25, 0.3) is 10.6 Å². The number of amides is 1. The number of ether oxygens (including phenoxy) is 2. The van der Waals surface area contributed by atoms with Crippen LogP contribution in [0.4, 0.5) is 0 Å². The minimum absolute atomic E-state index is 0.145. The van der Waals surface area contributed by atoms with Gasteiger partial charge in [0, 0.05) is 23.0 Å². The molecule has 1 atom stereocenters. The zero-order chi connectivity index (χ0) is 18.8. The molecule has 1 aromatic heterocycles. The normalized spacial score (nSPS) is 15.4. The van der Waals surface area contributed by atoms with Gasteiger partial charge in [0.25, 0.3) is 5.91 Å². The molecule has 0 saturated heterocycles. The van der Waals surface area contributed by atoms with E-state index in [9.17, 15) is 4.79 Å². The number of hydrogen-bond acceptors (Lipinski definition) is 5. The Morgan fingerprint density at radius 1 is 1.22 bits per heavy atom. The molecule has 0 unspecified atom stereocenters. The number of aromatic nitrogens is 1. The molecule has 1 amide bonds. The average molecular weight is 401 g/mol. The molecular weight excluding hydrogens is 384 g/mol. The average Bonchev–Trinajstić information content (AvgIpc) is 3.18. The minimum atomic E-state index is -0.219. The third-order valence-electron chi connectivity index (χ3n) is 4.21. The molecule has 0 aliphatic carbocycles. The van der Waals surface area contributed by atoms with Crippen molar-refractivity contribution >= 4 is 28.8 Å². The predicted molar refractivity (Wildman–Crippen MR) is 106 cm³/mol. The number of benzene rings is 2. The fraction of sp³-hybridized carbons (Fsp3) is 0.200. The summed E-state index contributed by atoms with van der Waals surface area (Å²) < 4.78 is 11.6. The third kappa shape index (κ3) is 3.91. The van der Waals surface area contributed by atoms with E-state index in [4.69, 9.17) is 21.1 Å². The van der Waals surface area contributed by atoms with E-state index >= 15 is 0 Å². The van der Waals surface area contributed by atoms with Gasteiger partial charge in [0.05, 0.1) is 6.54 Å². The van der Waals surface area contributed by atoms with E-state index in [-0.39, 0.29) is 12.0 Å². The predicted octanol–water partition coefficient (Wildman–Crippen LogP) is 4.38. The number of rotatable bonds is 4. The molecule has 5 nitrogen and oxygen atoms in total. The molecule has 2 aromatic carbocycles. The second-order valence-electron chi connectivity index (χ2n) is 6.23. The number of carbonyl (C=O) groups excluding carboxylic acids is 1. The van der Waals surface area contributed by atoms with Gasteiger partial charge in [-0.2, -0.15) is 0 Å². The molecule has 1 aliphatic rings. The molecule has 0 N–H and O–H groups in total. The van der Waals surface area contributed by atoms with Gasteiger partial charge in [0.2, 0.25) is 0 Å². The first-order chi connectivity index (χ1) is 13.1. The lowest BCUT2D eigenvalue weighted by molar-refractivity contribution is 0.0518. The van der Waals surface area contributed by atoms with Crippen molar-refractivity contribution in [3.8, 4) is 22.1 Å². The van der Waals surface area contributed by atoms with Crippen molar-refractivity contribution in [1.82, 2.24) is 9.88 Å². The van der Waals surface area contributed by atoms with Crippen LogP contribution in [0.5, 0.6) is 11.5 Å². The second kappa shape index (κ2) is 7.58. The zero-order valence-corrected chi connectivity index (χ0v) is 16.2. The van der Waals surface area contributed by atoms with Crippen molar-refractivity contribution in [3.05, 3.63) is 64.6 Å². The Hall–Kier alpha value is -2.57. The lowest BCUT2D eigenvalue weighted by atomic mass is 10.2. The largest absolute Gasteiger partial charge is 0.486 e. The number of thiazole rings is 1. The third-order valence-corrected chi connectivity index (χ3v) is 5.35. The summed E-state index contributed by atoms with van der Waals surface area (Å²) in [5, 5.41) is 3.23. The highest BCUT2D eigenvalue weighted by Crippen LogP contribution is 2.31. The summed E-state index contributed by atoms with van der Waals surface area (Å²) in [6.07, 6.45) is -0.219. The zero-order valence-electron chi connectivity index (χ0n) is 14.6. The fourth-order valence-corrected chi connectivity index (χ4v) is 3.76. The Labute approximate surface area is 166 Å². The summed E-state index contributed by atoms with van der Waals surface area (Å²) in [5.41, 5.74) is 1.36. The Kier molecular flexibility index (Phi) is 5.01. The van der Waals surface area contributed by atoms with E-state index in [0.29, 0.717) is 29.6 Å². The molecule has 27 heavy (non-hydrogen) atoms. The molecule has 0 radical (unpaired) electrons. The highest BCUT2D eigenvalue weighted by Gasteiger charge is 2.25. The summed E-state index contributed by atoms with van der Waals surface area (Å²) in [6, 6.07) is 14.9. The standard InChI is InChI=1S/C20H17ClN2O3S/c1-23(10-15-11-25-17-4-2-3-5-18(17)26-15)20(24)16-12-27-19(22-16)13-6-8-14(21)9-7-13/h2-9,12,15H,10-11H2,1H3/t15-/m1/s1. The molecule has 7 heteroatoms. The monoisotopic (exact) mass is 400 g/mol. The van der Waals surface area contributed by atoms with Crippen LogP contribution in [0, 0.1) is 0 Å². The molecule has 0 bridgehead atoms. The maximum absolute atomic E-state index is 12.7. The fourth-order valence-electron chi connectivity index (χ4n) is 2.83. The molecule has 0 spiro atoms. The van der Waals surface area contributed by atoms with Crippen LogP contribution in [0.15, 0.2) is 53.9 Å². The molecule has 2 heterocycles. The highest BCUT2D eigenvalue weighted by atomic mass is 35.5. The lowest BCUT2D eigenvalue weighted by Crippen LogP contribution is -2.41. The van der Waals surface area contributed by atoms with Gasteiger partial charge < -0.3 is 14.4 Å². The van der Waals surface area contributed by atoms with Crippen molar-refractivity contribution < 1.29 is 14.3 Å². The Balaban J connectivity index is 1.42. The Bertz CT molecular complexity index is 958. The quantitative estimate of drug-likeness (QED) is 0.652. The van der Waals surface area contributed by atoms with Crippen molar-refractivity contribution in [2.24, 2.45) is 0 Å². The molecule has 4 rings (SSSR count). The van der Waals surface area contributed by atoms with Gasteiger partial charge in [0.15, 0.2) is 17.6 Å². The summed E-state index contributed by atoms with van der Waals surface area (Å²) in [7, 11) is 1.74. The first-order valence-electron chi connectivity index (χ1n) is 8.45. The first-order valence-corrected chi connectivity index (χ1v) is 9.71. The SMILES string of the molecule is CN(C[C@@H]1COc2ccccc2O1)C(=O)c1csc(-c2ccc(Cl)cc2)n1. The van der Waals surface area contributed by atoms with Crippen LogP contribution >= 0.6 is 22.9 Å². The van der Waals surface area contributed by atoms with E-state index in [1.165, 1.54) is 11.3 Å². The van der Waals surface area contributed by atoms with Gasteiger partial charge >= 0.3 is 0 Å². The van der Waals surface area contributed by atoms with Gasteiger partial charge in [-0.05, 0) is 24.3 Å². The number of halogens is 1. The van der Waals surface area contributed by atoms with E-state index < -0.39 is 0 Å². The van der Waals surface area contributed by atoms with Crippen LogP contribution in [-0.4, -0.2) is 42.1 Å². The van der Waals surface area contributed by atoms with Crippen LogP contribution < -0.4 is 9.47 Å². The van der Waals surface area contributed by atoms with Crippen LogP contribution in [0.3, 0.4) is 0 Å². The highest BCUT2D eigenvalue weighted by molar-refractivity contribution is 7.13. The molecule has 138 valence electrons. The minimum Gasteiger partial charge on any atom is -0.486 e. The van der Waals surface area contributed by atoms with Gasteiger partial charge in [-0.15, -0.1) is 11.3 Å². The Morgan fingerprint density at radius 2 is 1.96 bits per heavy atom. The molecule has 0 fully saturated rings. The molecule has 1 aliphatic heterocycles. The van der Waals surface area contributed by atoms with Crippen LogP contribution in [0.1, 0.15) is 10.5 Å². The number of fused-ring (bicyclic) bond motifs is 1. The second-order valence-corrected chi connectivity index (χ2v) is 7.52. The van der Waals surface area contributed by atoms with Gasteiger partial charge in [-0.3, -0.25) is 4.79 Å². The van der Waals surface area contributed by atoms with E-state index in [1.54, 1.807) is 17.3 Å². The lowest BCUT2D eigenvalue weighted by Gasteiger charge is -2.29. The van der Waals surface area contributed by atoms with Gasteiger partial charge in [-0.25, -0.2) is 4.98 Å². The summed E-state index contributed by atoms with van der Waals surface area (Å²) in [5.74, 6) is 1.29. The van der Waals surface area contributed by atoms with E-state index in [0.717, 1.165) is 16.3 Å². The van der Waals surface area contributed by atoms with Crippen LogP contribution in [0.2, 0.25) is 5.02 Å². The summed E-state index contributed by atoms with van der Waals surface area (Å²) in [6.45, 7) is 0.822. The van der Waals surface area contributed by atoms with Gasteiger partial charge in [0.1, 0.15) is 17.3 Å². The molecule has 3 aromatic rings. The first kappa shape index (κ1) is 17.8. The maximum Gasteiger partial charge on any atom is 0.273 e.